The van der Waals surface area contributed by atoms with Gasteiger partial charge in [-0.3, -0.25) is 9.59 Å². The smallest absolute Gasteiger partial charge is 0.471 e. The minimum Gasteiger partial charge on any atom is -0.481 e. The minimum atomic E-state index is -4.84. The van der Waals surface area contributed by atoms with Crippen molar-refractivity contribution in [2.45, 2.75) is 50.7 Å². The highest BCUT2D eigenvalue weighted by Crippen LogP contribution is 2.27. The number of carbonyl (C=O) groups excluding carboxylic acids is 1. The van der Waals surface area contributed by atoms with Crippen LogP contribution < -0.4 is 0 Å². The second kappa shape index (κ2) is 6.06. The molecular weight excluding hydrogens is 251 g/mol. The molecule has 7 heteroatoms. The van der Waals surface area contributed by atoms with Crippen LogP contribution >= 0.6 is 0 Å². The second-order valence-corrected chi connectivity index (χ2v) is 4.43. The number of amides is 1. The van der Waals surface area contributed by atoms with Crippen molar-refractivity contribution in [3.63, 3.8) is 0 Å². The lowest BCUT2D eigenvalue weighted by molar-refractivity contribution is -0.189. The van der Waals surface area contributed by atoms with Crippen molar-refractivity contribution in [1.82, 2.24) is 4.90 Å². The number of aliphatic carboxylic acids is 1. The summed E-state index contributed by atoms with van der Waals surface area (Å²) in [5.41, 5.74) is 0. The average molecular weight is 267 g/mol. The molecule has 1 fully saturated rings. The number of alkyl halides is 3. The molecule has 0 spiro atoms. The molecule has 0 aliphatic carbocycles. The van der Waals surface area contributed by atoms with E-state index >= 15 is 0 Å². The Kier molecular flexibility index (Phi) is 4.98. The molecular formula is C11H16F3NO3. The Hall–Kier alpha value is -1.27. The Morgan fingerprint density at radius 2 is 1.94 bits per heavy atom. The maximum Gasteiger partial charge on any atom is 0.471 e. The number of nitrogens with zero attached hydrogens (tertiary/aromatic N) is 1. The lowest BCUT2D eigenvalue weighted by Gasteiger charge is -2.36. The molecule has 1 aliphatic heterocycles. The van der Waals surface area contributed by atoms with Crippen molar-refractivity contribution in [1.29, 1.82) is 0 Å². The Labute approximate surface area is 103 Å². The molecule has 1 rings (SSSR count). The second-order valence-electron chi connectivity index (χ2n) is 4.43. The van der Waals surface area contributed by atoms with Crippen LogP contribution in [0.4, 0.5) is 13.2 Å². The Morgan fingerprint density at radius 1 is 1.28 bits per heavy atom. The molecule has 18 heavy (non-hydrogen) atoms. The van der Waals surface area contributed by atoms with Crippen LogP contribution in [-0.4, -0.2) is 40.6 Å². The van der Waals surface area contributed by atoms with Gasteiger partial charge in [0.15, 0.2) is 0 Å². The van der Waals surface area contributed by atoms with Gasteiger partial charge in [-0.1, -0.05) is 0 Å². The number of piperidine rings is 1. The highest BCUT2D eigenvalue weighted by molar-refractivity contribution is 5.82. The van der Waals surface area contributed by atoms with Crippen LogP contribution in [-0.2, 0) is 9.59 Å². The molecule has 0 bridgehead atoms. The maximum atomic E-state index is 12.4. The summed E-state index contributed by atoms with van der Waals surface area (Å²) < 4.78 is 37.1. The zero-order chi connectivity index (χ0) is 13.8. The van der Waals surface area contributed by atoms with Crippen LogP contribution in [0.5, 0.6) is 0 Å². The predicted molar refractivity (Wildman–Crippen MR) is 56.9 cm³/mol. The van der Waals surface area contributed by atoms with Crippen LogP contribution in [0.15, 0.2) is 0 Å². The van der Waals surface area contributed by atoms with Gasteiger partial charge in [-0.05, 0) is 32.1 Å². The lowest BCUT2D eigenvalue weighted by Crippen LogP contribution is -2.49. The van der Waals surface area contributed by atoms with Crippen LogP contribution in [0.25, 0.3) is 0 Å². The third kappa shape index (κ3) is 4.19. The number of rotatable bonds is 4. The molecule has 1 aliphatic rings. The summed E-state index contributed by atoms with van der Waals surface area (Å²) in [6.45, 7) is 0.107. The summed E-state index contributed by atoms with van der Waals surface area (Å²) in [6, 6.07) is -0.479. The van der Waals surface area contributed by atoms with E-state index in [4.69, 9.17) is 5.11 Å². The third-order valence-corrected chi connectivity index (χ3v) is 3.06. The van der Waals surface area contributed by atoms with Gasteiger partial charge in [0.05, 0.1) is 0 Å². The van der Waals surface area contributed by atoms with E-state index in [9.17, 15) is 22.8 Å². The standard InChI is InChI=1S/C11H16F3NO3/c12-11(13,14)10(18)15-7-2-1-4-8(15)5-3-6-9(16)17/h8H,1-7H2,(H,16,17). The van der Waals surface area contributed by atoms with Crippen LogP contribution in [0.1, 0.15) is 38.5 Å². The fourth-order valence-corrected chi connectivity index (χ4v) is 2.22. The monoisotopic (exact) mass is 267 g/mol. The molecule has 0 aromatic rings. The van der Waals surface area contributed by atoms with Gasteiger partial charge in [-0.15, -0.1) is 0 Å². The molecule has 1 atom stereocenters. The van der Waals surface area contributed by atoms with Gasteiger partial charge >= 0.3 is 18.1 Å². The highest BCUT2D eigenvalue weighted by Gasteiger charge is 2.44. The van der Waals surface area contributed by atoms with E-state index < -0.39 is 24.1 Å². The fraction of sp³-hybridized carbons (Fsp3) is 0.818. The van der Waals surface area contributed by atoms with E-state index in [0.717, 1.165) is 11.3 Å². The highest BCUT2D eigenvalue weighted by atomic mass is 19.4. The molecule has 1 unspecified atom stereocenters. The first-order valence-electron chi connectivity index (χ1n) is 5.92. The SMILES string of the molecule is O=C(O)CCCC1CCCCN1C(=O)C(F)(F)F. The number of likely N-dealkylation sites (tertiary alicyclic amines) is 1. The summed E-state index contributed by atoms with van der Waals surface area (Å²) >= 11 is 0. The normalized spacial score (nSPS) is 20.8. The quantitative estimate of drug-likeness (QED) is 0.849. The van der Waals surface area contributed by atoms with Crippen molar-refractivity contribution in [3.8, 4) is 0 Å². The molecule has 0 aromatic carbocycles. The van der Waals surface area contributed by atoms with Crippen LogP contribution in [0, 0.1) is 0 Å². The predicted octanol–water partition coefficient (Wildman–Crippen LogP) is 2.18. The van der Waals surface area contributed by atoms with Gasteiger partial charge in [0, 0.05) is 19.0 Å². The van der Waals surface area contributed by atoms with E-state index in [-0.39, 0.29) is 13.0 Å². The summed E-state index contributed by atoms with van der Waals surface area (Å²) in [6.07, 6.45) is -2.46. The number of halogens is 3. The molecule has 1 amide bonds. The van der Waals surface area contributed by atoms with Gasteiger partial charge < -0.3 is 10.0 Å². The zero-order valence-electron chi connectivity index (χ0n) is 9.87. The summed E-state index contributed by atoms with van der Waals surface area (Å²) in [5, 5.41) is 8.49. The third-order valence-electron chi connectivity index (χ3n) is 3.06. The number of hydrogen-bond acceptors (Lipinski definition) is 2. The van der Waals surface area contributed by atoms with E-state index in [1.807, 2.05) is 0 Å². The molecule has 4 nitrogen and oxygen atoms in total. The topological polar surface area (TPSA) is 57.6 Å². The van der Waals surface area contributed by atoms with Gasteiger partial charge in [0.25, 0.3) is 0 Å². The Balaban J connectivity index is 2.57. The lowest BCUT2D eigenvalue weighted by atomic mass is 9.97. The Morgan fingerprint density at radius 3 is 2.50 bits per heavy atom. The molecule has 1 N–H and O–H groups in total. The molecule has 0 aromatic heterocycles. The Bertz CT molecular complexity index is 317. The molecule has 1 saturated heterocycles. The van der Waals surface area contributed by atoms with Crippen molar-refractivity contribution >= 4 is 11.9 Å². The van der Waals surface area contributed by atoms with E-state index in [2.05, 4.69) is 0 Å². The number of hydrogen-bond donors (Lipinski definition) is 1. The van der Waals surface area contributed by atoms with Crippen molar-refractivity contribution in [2.75, 3.05) is 6.54 Å². The molecule has 1 heterocycles. The fourth-order valence-electron chi connectivity index (χ4n) is 2.22. The van der Waals surface area contributed by atoms with Gasteiger partial charge in [-0.25, -0.2) is 0 Å². The first kappa shape index (κ1) is 14.8. The largest absolute Gasteiger partial charge is 0.481 e. The van der Waals surface area contributed by atoms with E-state index in [0.29, 0.717) is 25.7 Å². The minimum absolute atomic E-state index is 0.0788. The number of carboxylic acids is 1. The first-order chi connectivity index (χ1) is 8.32. The van der Waals surface area contributed by atoms with Crippen molar-refractivity contribution < 1.29 is 27.9 Å². The van der Waals surface area contributed by atoms with Crippen LogP contribution in [0.3, 0.4) is 0 Å². The summed E-state index contributed by atoms with van der Waals surface area (Å²) in [5.74, 6) is -2.78. The van der Waals surface area contributed by atoms with E-state index in [1.165, 1.54) is 0 Å². The number of carbonyl (C=O) groups is 2. The molecule has 0 saturated carbocycles. The van der Waals surface area contributed by atoms with E-state index in [1.54, 1.807) is 0 Å². The summed E-state index contributed by atoms with van der Waals surface area (Å²) in [4.78, 5) is 22.4. The first-order valence-corrected chi connectivity index (χ1v) is 5.92. The van der Waals surface area contributed by atoms with Crippen molar-refractivity contribution in [2.24, 2.45) is 0 Å². The van der Waals surface area contributed by atoms with Gasteiger partial charge in [-0.2, -0.15) is 13.2 Å². The van der Waals surface area contributed by atoms with Gasteiger partial charge in [0.2, 0.25) is 0 Å². The zero-order valence-corrected chi connectivity index (χ0v) is 9.87. The van der Waals surface area contributed by atoms with Crippen molar-refractivity contribution in [3.05, 3.63) is 0 Å². The maximum absolute atomic E-state index is 12.4. The van der Waals surface area contributed by atoms with Crippen LogP contribution in [0.2, 0.25) is 0 Å². The van der Waals surface area contributed by atoms with Gasteiger partial charge in [0.1, 0.15) is 0 Å². The average Bonchev–Trinajstić information content (AvgIpc) is 2.27. The molecule has 104 valence electrons. The number of carboxylic acid groups (broad SMARTS) is 1. The molecule has 0 radical (unpaired) electrons. The summed E-state index contributed by atoms with van der Waals surface area (Å²) in [7, 11) is 0.